The molecule has 0 spiro atoms. The zero-order chi connectivity index (χ0) is 25.9. The smallest absolute Gasteiger partial charge is 0.250 e. The summed E-state index contributed by atoms with van der Waals surface area (Å²) in [5.41, 5.74) is 4.20. The van der Waals surface area contributed by atoms with Crippen LogP contribution in [0.1, 0.15) is 29.0 Å². The number of carbonyl (C=O) groups excluding carboxylic acids is 1. The van der Waals surface area contributed by atoms with E-state index in [2.05, 4.69) is 31.2 Å². The summed E-state index contributed by atoms with van der Waals surface area (Å²) in [5.74, 6) is 0.518. The lowest BCUT2D eigenvalue weighted by Crippen LogP contribution is -2.30. The Labute approximate surface area is 225 Å². The van der Waals surface area contributed by atoms with Crippen molar-refractivity contribution in [1.29, 1.82) is 0 Å². The summed E-state index contributed by atoms with van der Waals surface area (Å²) in [5, 5.41) is 7.15. The molecule has 0 radical (unpaired) electrons. The van der Waals surface area contributed by atoms with E-state index in [0.29, 0.717) is 15.8 Å². The average molecular weight is 533 g/mol. The maximum absolute atomic E-state index is 12.0. The van der Waals surface area contributed by atoms with Crippen molar-refractivity contribution in [2.75, 3.05) is 23.9 Å². The molecule has 8 nitrogen and oxygen atoms in total. The van der Waals surface area contributed by atoms with Crippen LogP contribution < -0.4 is 15.5 Å². The number of hydrogen-bond acceptors (Lipinski definition) is 5. The van der Waals surface area contributed by atoms with E-state index in [4.69, 9.17) is 28.6 Å². The predicted octanol–water partition coefficient (Wildman–Crippen LogP) is 4.99. The van der Waals surface area contributed by atoms with Crippen molar-refractivity contribution in [3.8, 4) is 5.82 Å². The highest BCUT2D eigenvalue weighted by Crippen LogP contribution is 2.43. The number of thiocarbonyl (C=S) groups is 1. The molecule has 4 heterocycles. The number of carbonyl (C=O) groups is 1. The van der Waals surface area contributed by atoms with Crippen LogP contribution in [0.5, 0.6) is 0 Å². The van der Waals surface area contributed by atoms with Crippen LogP contribution in [0.15, 0.2) is 79.3 Å². The van der Waals surface area contributed by atoms with Crippen LogP contribution in [0.3, 0.4) is 0 Å². The number of aromatic nitrogens is 3. The first-order chi connectivity index (χ1) is 18.0. The standard InChI is InChI=1S/C27H25ClN6O2S/c1-17-8-11-23(30-15-17)33-13-5-7-22(33)26-25(21-6-3-4-12-29-21)32-27(37)34(26)18-9-10-20(19(28)14-18)31-24(35)16-36-2/h3-15,25-26H,16H2,1-2H3,(H,31,35)(H,32,37)/t25-,26-/m1/s1. The molecule has 0 saturated carbocycles. The van der Waals surface area contributed by atoms with E-state index in [0.717, 1.165) is 28.5 Å². The molecule has 37 heavy (non-hydrogen) atoms. The molecule has 0 aliphatic carbocycles. The highest BCUT2D eigenvalue weighted by molar-refractivity contribution is 7.80. The van der Waals surface area contributed by atoms with Gasteiger partial charge in [0.1, 0.15) is 18.5 Å². The van der Waals surface area contributed by atoms with Gasteiger partial charge in [0.15, 0.2) is 5.11 Å². The maximum Gasteiger partial charge on any atom is 0.250 e. The number of methoxy groups -OCH3 is 1. The molecule has 10 heteroatoms. The highest BCUT2D eigenvalue weighted by atomic mass is 35.5. The van der Waals surface area contributed by atoms with E-state index in [-0.39, 0.29) is 24.6 Å². The van der Waals surface area contributed by atoms with Crippen molar-refractivity contribution in [2.45, 2.75) is 19.0 Å². The van der Waals surface area contributed by atoms with Crippen molar-refractivity contribution in [3.05, 3.63) is 101 Å². The number of halogens is 1. The van der Waals surface area contributed by atoms with E-state index < -0.39 is 0 Å². The molecular formula is C27H25ClN6O2S. The van der Waals surface area contributed by atoms with Gasteiger partial charge in [-0.15, -0.1) is 0 Å². The molecule has 2 N–H and O–H groups in total. The molecule has 2 atom stereocenters. The average Bonchev–Trinajstić information content (AvgIpc) is 3.51. The van der Waals surface area contributed by atoms with Crippen LogP contribution in [0.4, 0.5) is 11.4 Å². The van der Waals surface area contributed by atoms with Gasteiger partial charge in [0, 0.05) is 37.1 Å². The SMILES string of the molecule is COCC(=O)Nc1ccc(N2C(=S)N[C@H](c3ccccn3)[C@H]2c2cccn2-c2ccc(C)cn2)cc1Cl. The van der Waals surface area contributed by atoms with Crippen molar-refractivity contribution in [2.24, 2.45) is 0 Å². The fourth-order valence-electron chi connectivity index (χ4n) is 4.45. The molecule has 1 aliphatic rings. The highest BCUT2D eigenvalue weighted by Gasteiger charge is 2.42. The summed E-state index contributed by atoms with van der Waals surface area (Å²) in [6.45, 7) is 1.95. The molecule has 0 unspecified atom stereocenters. The van der Waals surface area contributed by atoms with E-state index in [1.165, 1.54) is 7.11 Å². The van der Waals surface area contributed by atoms with Crippen LogP contribution in [0, 0.1) is 6.92 Å². The minimum absolute atomic E-state index is 0.0594. The third kappa shape index (κ3) is 5.06. The van der Waals surface area contributed by atoms with Crippen molar-refractivity contribution < 1.29 is 9.53 Å². The van der Waals surface area contributed by atoms with E-state index in [1.54, 1.807) is 18.3 Å². The van der Waals surface area contributed by atoms with Gasteiger partial charge in [-0.2, -0.15) is 0 Å². The number of hydrogen-bond donors (Lipinski definition) is 2. The van der Waals surface area contributed by atoms with Gasteiger partial charge in [0.05, 0.1) is 22.4 Å². The summed E-state index contributed by atoms with van der Waals surface area (Å²) in [4.78, 5) is 23.3. The maximum atomic E-state index is 12.0. The number of pyridine rings is 2. The number of nitrogens with zero attached hydrogens (tertiary/aromatic N) is 4. The quantitative estimate of drug-likeness (QED) is 0.324. The minimum Gasteiger partial charge on any atom is -0.375 e. The molecule has 0 bridgehead atoms. The lowest BCUT2D eigenvalue weighted by molar-refractivity contribution is -0.119. The molecular weight excluding hydrogens is 508 g/mol. The Morgan fingerprint density at radius 3 is 2.73 bits per heavy atom. The number of rotatable bonds is 7. The molecule has 1 fully saturated rings. The van der Waals surface area contributed by atoms with Crippen LogP contribution in [0.25, 0.3) is 5.82 Å². The molecule has 1 aromatic carbocycles. The summed E-state index contributed by atoms with van der Waals surface area (Å²) in [7, 11) is 1.46. The number of anilines is 2. The lowest BCUT2D eigenvalue weighted by Gasteiger charge is -2.29. The molecule has 3 aromatic heterocycles. The van der Waals surface area contributed by atoms with Gasteiger partial charge in [0.25, 0.3) is 0 Å². The first-order valence-electron chi connectivity index (χ1n) is 11.7. The summed E-state index contributed by atoms with van der Waals surface area (Å²) >= 11 is 12.4. The van der Waals surface area contributed by atoms with E-state index in [1.807, 2.05) is 66.7 Å². The van der Waals surface area contributed by atoms with Gasteiger partial charge in [0.2, 0.25) is 5.91 Å². The predicted molar refractivity (Wildman–Crippen MR) is 148 cm³/mol. The van der Waals surface area contributed by atoms with Crippen LogP contribution >= 0.6 is 23.8 Å². The number of ether oxygens (including phenoxy) is 1. The minimum atomic E-state index is -0.285. The third-order valence-corrected chi connectivity index (χ3v) is 6.73. The fraction of sp³-hybridized carbons (Fsp3) is 0.185. The Balaban J connectivity index is 1.58. The van der Waals surface area contributed by atoms with Gasteiger partial charge < -0.3 is 24.8 Å². The fourth-order valence-corrected chi connectivity index (χ4v) is 5.02. The molecule has 5 rings (SSSR count). The van der Waals surface area contributed by atoms with Crippen LogP contribution in [0.2, 0.25) is 5.02 Å². The summed E-state index contributed by atoms with van der Waals surface area (Å²) < 4.78 is 6.96. The molecule has 1 saturated heterocycles. The van der Waals surface area contributed by atoms with Crippen molar-refractivity contribution in [3.63, 3.8) is 0 Å². The number of benzene rings is 1. The Bertz CT molecular complexity index is 1430. The van der Waals surface area contributed by atoms with Gasteiger partial charge in [-0.05, 0) is 73.2 Å². The Hall–Kier alpha value is -3.79. The lowest BCUT2D eigenvalue weighted by atomic mass is 10.0. The van der Waals surface area contributed by atoms with Gasteiger partial charge in [-0.25, -0.2) is 4.98 Å². The Kier molecular flexibility index (Phi) is 7.18. The molecule has 1 aliphatic heterocycles. The van der Waals surface area contributed by atoms with Gasteiger partial charge >= 0.3 is 0 Å². The summed E-state index contributed by atoms with van der Waals surface area (Å²) in [6.07, 6.45) is 5.61. The van der Waals surface area contributed by atoms with Crippen LogP contribution in [-0.4, -0.2) is 39.3 Å². The second-order valence-electron chi connectivity index (χ2n) is 8.64. The van der Waals surface area contributed by atoms with Gasteiger partial charge in [-0.3, -0.25) is 9.78 Å². The number of nitrogens with one attached hydrogen (secondary N) is 2. The summed E-state index contributed by atoms with van der Waals surface area (Å²) in [6, 6.07) is 18.9. The second kappa shape index (κ2) is 10.7. The molecule has 1 amide bonds. The van der Waals surface area contributed by atoms with Crippen molar-refractivity contribution in [1.82, 2.24) is 19.9 Å². The number of aryl methyl sites for hydroxylation is 1. The first-order valence-corrected chi connectivity index (χ1v) is 12.4. The third-order valence-electron chi connectivity index (χ3n) is 6.10. The number of amides is 1. The first kappa shape index (κ1) is 24.9. The van der Waals surface area contributed by atoms with Crippen LogP contribution in [-0.2, 0) is 9.53 Å². The Morgan fingerprint density at radius 2 is 2.03 bits per heavy atom. The second-order valence-corrected chi connectivity index (χ2v) is 9.43. The zero-order valence-corrected chi connectivity index (χ0v) is 21.8. The monoisotopic (exact) mass is 532 g/mol. The topological polar surface area (TPSA) is 84.3 Å². The molecule has 4 aromatic rings. The van der Waals surface area contributed by atoms with E-state index >= 15 is 0 Å². The normalized spacial score (nSPS) is 17.1. The zero-order valence-electron chi connectivity index (χ0n) is 20.3. The largest absolute Gasteiger partial charge is 0.375 e. The molecule has 188 valence electrons. The van der Waals surface area contributed by atoms with Gasteiger partial charge in [-0.1, -0.05) is 23.7 Å². The Morgan fingerprint density at radius 1 is 1.16 bits per heavy atom. The van der Waals surface area contributed by atoms with Crippen molar-refractivity contribution >= 4 is 46.2 Å². The van der Waals surface area contributed by atoms with E-state index in [9.17, 15) is 4.79 Å².